The summed E-state index contributed by atoms with van der Waals surface area (Å²) in [6, 6.07) is 2.65. The predicted molar refractivity (Wildman–Crippen MR) is 332 cm³/mol. The Kier molecular flexibility index (Phi) is 23.1. The lowest BCUT2D eigenvalue weighted by Gasteiger charge is -2.47. The van der Waals surface area contributed by atoms with Gasteiger partial charge in [-0.05, 0) is 138 Å². The Morgan fingerprint density at radius 3 is 2.11 bits per heavy atom. The highest BCUT2D eigenvalue weighted by atomic mass is 32.1. The van der Waals surface area contributed by atoms with Gasteiger partial charge in [0.2, 0.25) is 35.4 Å². The average Bonchev–Trinajstić information content (AvgIpc) is 1.64. The van der Waals surface area contributed by atoms with Crippen LogP contribution in [-0.2, 0) is 39.9 Å². The van der Waals surface area contributed by atoms with Crippen molar-refractivity contribution in [2.24, 2.45) is 23.5 Å². The molecule has 2 aromatic carbocycles. The second-order valence-corrected chi connectivity index (χ2v) is 26.8. The fourth-order valence-electron chi connectivity index (χ4n) is 14.3. The molecule has 1 aromatic heterocycles. The number of aromatic nitrogens is 2. The third-order valence-corrected chi connectivity index (χ3v) is 20.9. The summed E-state index contributed by atoms with van der Waals surface area (Å²) in [4.78, 5) is 91.7. The number of ether oxygens (including phenoxy) is 2. The van der Waals surface area contributed by atoms with Crippen LogP contribution in [0.3, 0.4) is 0 Å². The maximum absolute atomic E-state index is 14.7. The number of β-amino-alcohol motifs (C(OH)–C–C–N with tert-alkyl or cyclic N) is 1. The Balaban J connectivity index is 0.904. The van der Waals surface area contributed by atoms with E-state index in [0.717, 1.165) is 77.0 Å². The van der Waals surface area contributed by atoms with E-state index in [-0.39, 0.29) is 74.3 Å². The van der Waals surface area contributed by atoms with Crippen molar-refractivity contribution in [3.63, 3.8) is 0 Å². The number of hydrogen-bond donors (Lipinski definition) is 13. The molecule has 90 heavy (non-hydrogen) atoms. The van der Waals surface area contributed by atoms with E-state index in [0.29, 0.717) is 11.5 Å². The monoisotopic (exact) mass is 1280 g/mol. The number of fused-ring (bicyclic) bond motifs is 2. The highest BCUT2D eigenvalue weighted by Crippen LogP contribution is 2.43. The van der Waals surface area contributed by atoms with E-state index in [2.05, 4.69) is 65.9 Å². The van der Waals surface area contributed by atoms with E-state index in [1.807, 2.05) is 7.11 Å². The molecule has 5 heterocycles. The number of benzene rings is 2. The first-order valence-electron chi connectivity index (χ1n) is 32.0. The number of nitrogens with zero attached hydrogens (tertiary/aromatic N) is 5. The maximum atomic E-state index is 14.7. The number of aliphatic hydroxyl groups excluding tert-OH is 6. The highest BCUT2D eigenvalue weighted by Gasteiger charge is 2.50. The minimum Gasteiger partial charge on any atom is -0.504 e. The molecule has 496 valence electrons. The molecule has 2 aliphatic carbocycles. The topological polar surface area (TPSA) is 384 Å². The van der Waals surface area contributed by atoms with E-state index < -0.39 is 127 Å². The van der Waals surface area contributed by atoms with Crippen LogP contribution < -0.4 is 42.0 Å². The molecule has 3 aromatic rings. The van der Waals surface area contributed by atoms with Gasteiger partial charge >= 0.3 is 0 Å². The van der Waals surface area contributed by atoms with E-state index in [1.54, 1.807) is 18.3 Å². The molecule has 6 aliphatic rings. The van der Waals surface area contributed by atoms with Crippen LogP contribution in [-0.4, -0.2) is 230 Å². The zero-order valence-corrected chi connectivity index (χ0v) is 52.8. The normalized spacial score (nSPS) is 30.7. The summed E-state index contributed by atoms with van der Waals surface area (Å²) in [5, 5.41) is 103. The first-order chi connectivity index (χ1) is 43.1. The first-order valence-corrected chi connectivity index (χ1v) is 32.8. The summed E-state index contributed by atoms with van der Waals surface area (Å²) in [6.07, 6.45) is 0.755. The number of piperidine rings is 1. The summed E-state index contributed by atoms with van der Waals surface area (Å²) < 4.78 is 11.5. The Morgan fingerprint density at radius 1 is 0.767 bits per heavy atom. The SMILES string of the molecule is COc1cc(C[C@@H](O)[C@@H]2NC(=O)[C@@H]3C[C@@H](O)CN3C(=O)[C@H]([C@@H](C)O)NC(=O)[C@H](NCC3CCC(c4nnc(-c5ccc(N6CCC(OC)(C7CCCCC7)CC6)cc5)s4)CC3)C[C@@H](O)CNC(=O)[C@@H]3[C@@H](O)[C@@H](C)CN3C(=O)[C@H]([C@H](O)CCN)NC2=O)ccc1O. The van der Waals surface area contributed by atoms with Gasteiger partial charge < -0.3 is 92.2 Å². The van der Waals surface area contributed by atoms with Crippen molar-refractivity contribution >= 4 is 52.5 Å². The third kappa shape index (κ3) is 15.8. The molecule has 4 aliphatic heterocycles. The molecule has 0 bridgehead atoms. The Labute approximate surface area is 529 Å². The zero-order chi connectivity index (χ0) is 64.6. The van der Waals surface area contributed by atoms with Gasteiger partial charge in [-0.15, -0.1) is 10.2 Å². The Bertz CT molecular complexity index is 2940. The summed E-state index contributed by atoms with van der Waals surface area (Å²) in [5.74, 6) is -6.10. The van der Waals surface area contributed by atoms with Crippen LogP contribution in [0.4, 0.5) is 5.69 Å². The van der Waals surface area contributed by atoms with Gasteiger partial charge in [0.1, 0.15) is 40.2 Å². The van der Waals surface area contributed by atoms with Gasteiger partial charge in [-0.2, -0.15) is 0 Å². The minimum atomic E-state index is -1.97. The number of aromatic hydroxyl groups is 1. The Morgan fingerprint density at radius 2 is 1.44 bits per heavy atom. The van der Waals surface area contributed by atoms with Crippen molar-refractivity contribution in [1.29, 1.82) is 0 Å². The maximum Gasteiger partial charge on any atom is 0.248 e. The van der Waals surface area contributed by atoms with Crippen LogP contribution >= 0.6 is 11.3 Å². The largest absolute Gasteiger partial charge is 0.504 e. The number of rotatable bonds is 16. The second-order valence-electron chi connectivity index (χ2n) is 25.8. The van der Waals surface area contributed by atoms with E-state index in [1.165, 1.54) is 70.0 Å². The van der Waals surface area contributed by atoms with Gasteiger partial charge in [0.15, 0.2) is 11.5 Å². The number of carbonyl (C=O) groups is 6. The number of nitrogens with one attached hydrogen (secondary N) is 5. The van der Waals surface area contributed by atoms with E-state index in [9.17, 15) is 64.5 Å². The van der Waals surface area contributed by atoms with Gasteiger partial charge in [-0.1, -0.05) is 43.6 Å². The zero-order valence-electron chi connectivity index (χ0n) is 52.0. The van der Waals surface area contributed by atoms with Crippen molar-refractivity contribution in [2.45, 2.75) is 195 Å². The number of phenols is 1. The Hall–Kier alpha value is -6.14. The highest BCUT2D eigenvalue weighted by molar-refractivity contribution is 7.14. The number of anilines is 1. The molecular weight excluding hydrogens is 1180 g/mol. The molecule has 0 spiro atoms. The molecule has 4 saturated heterocycles. The van der Waals surface area contributed by atoms with Crippen LogP contribution in [0.5, 0.6) is 11.5 Å². The van der Waals surface area contributed by atoms with Crippen LogP contribution in [0.15, 0.2) is 42.5 Å². The molecule has 6 fully saturated rings. The summed E-state index contributed by atoms with van der Waals surface area (Å²) >= 11 is 1.58. The smallest absolute Gasteiger partial charge is 0.248 e. The number of nitrogens with two attached hydrogens (primary N) is 1. The molecule has 0 radical (unpaired) electrons. The molecule has 13 atom stereocenters. The lowest BCUT2D eigenvalue weighted by Crippen LogP contribution is -2.64. The number of amides is 6. The lowest BCUT2D eigenvalue weighted by molar-refractivity contribution is -0.147. The molecule has 0 unspecified atom stereocenters. The molecule has 2 saturated carbocycles. The predicted octanol–water partition coefficient (Wildman–Crippen LogP) is -0.0841. The second kappa shape index (κ2) is 30.5. The number of phenolic OH excluding ortho intramolecular Hbond substituents is 1. The van der Waals surface area contributed by atoms with Crippen LogP contribution in [0.2, 0.25) is 0 Å². The number of carbonyl (C=O) groups excluding carboxylic acids is 6. The van der Waals surface area contributed by atoms with Crippen LogP contribution in [0, 0.1) is 17.8 Å². The van der Waals surface area contributed by atoms with E-state index >= 15 is 0 Å². The quantitative estimate of drug-likeness (QED) is 0.0892. The minimum absolute atomic E-state index is 0.0218. The van der Waals surface area contributed by atoms with Crippen molar-refractivity contribution in [3.05, 3.63) is 53.0 Å². The fraction of sp³-hybridized carbons (Fsp3) is 0.683. The summed E-state index contributed by atoms with van der Waals surface area (Å²) in [5.41, 5.74) is 8.27. The molecule has 26 nitrogen and oxygen atoms in total. The van der Waals surface area contributed by atoms with Gasteiger partial charge in [-0.3, -0.25) is 28.8 Å². The van der Waals surface area contributed by atoms with Gasteiger partial charge in [0.05, 0.1) is 55.4 Å². The van der Waals surface area contributed by atoms with Crippen LogP contribution in [0.1, 0.15) is 120 Å². The summed E-state index contributed by atoms with van der Waals surface area (Å²) in [7, 11) is 3.19. The van der Waals surface area contributed by atoms with Gasteiger partial charge in [0.25, 0.3) is 0 Å². The van der Waals surface area contributed by atoms with Crippen molar-refractivity contribution in [1.82, 2.24) is 46.6 Å². The average molecular weight is 1280 g/mol. The van der Waals surface area contributed by atoms with Crippen molar-refractivity contribution in [3.8, 4) is 22.1 Å². The summed E-state index contributed by atoms with van der Waals surface area (Å²) in [6.45, 7) is 3.68. The number of aliphatic hydroxyl groups is 6. The fourth-order valence-corrected chi connectivity index (χ4v) is 15.3. The first kappa shape index (κ1) is 68.2. The van der Waals surface area contributed by atoms with Gasteiger partial charge in [-0.25, -0.2) is 0 Å². The van der Waals surface area contributed by atoms with E-state index in [4.69, 9.17) is 15.2 Å². The molecule has 14 N–H and O–H groups in total. The van der Waals surface area contributed by atoms with Crippen LogP contribution in [0.25, 0.3) is 10.6 Å². The molecular formula is C63H93N11O15S. The molecule has 6 amide bonds. The third-order valence-electron chi connectivity index (χ3n) is 19.7. The van der Waals surface area contributed by atoms with Crippen molar-refractivity contribution < 1.29 is 74.0 Å². The lowest BCUT2D eigenvalue weighted by atomic mass is 9.72. The van der Waals surface area contributed by atoms with Crippen molar-refractivity contribution in [2.75, 3.05) is 64.9 Å². The molecule has 27 heteroatoms. The number of methoxy groups -OCH3 is 2. The standard InChI is InChI=1S/C63H93N11O15S/c1-34-32-74-53(54(34)81)58(85)66-31-42(76)28-44(65-30-36-10-13-38(14-11-36)59-70-71-60(90-59)39-15-17-41(18-16-39)72-24-21-63(89-4,22-25-72)40-8-6-5-7-9-40)55(82)67-50(35(2)75)61(86)73-33-43(77)29-45(73)56(83)68-51(57(84)69-52(62(74)87)47(79)20-23-64)48(80)26-37-12-19-46(78)49(27-37)88-3/h12,15-19,27,34-36,38,40,42-45,47-48,50-54,65,75-81H,5-11,13-14,20-26,28-33,64H2,1-4H3,(H,66,85)(H,67,82)(H,68,83)(H,69,84)/t34-,35+,36?,38?,42+,43+,44+,45-,47+,48+,50-,51-,52-,53-,54-/m0/s1. The molecule has 9 rings (SSSR count). The number of hydrogen-bond acceptors (Lipinski definition) is 21. The van der Waals surface area contributed by atoms with Gasteiger partial charge in [0, 0.05) is 75.8 Å².